The number of hydrogen-bond donors (Lipinski definition) is 3. The van der Waals surface area contributed by atoms with Crippen molar-refractivity contribution in [3.8, 4) is 17.2 Å². The molecule has 9 heteroatoms. The van der Waals surface area contributed by atoms with Crippen LogP contribution >= 0.6 is 0 Å². The number of hydrogen-bond acceptors (Lipinski definition) is 5. The third kappa shape index (κ3) is 4.96. The lowest BCUT2D eigenvalue weighted by Crippen LogP contribution is -2.27. The average molecular weight is 465 g/mol. The van der Waals surface area contributed by atoms with Crippen molar-refractivity contribution in [3.63, 3.8) is 0 Å². The van der Waals surface area contributed by atoms with E-state index in [2.05, 4.69) is 28.3 Å². The first-order chi connectivity index (χ1) is 16.1. The third-order valence-electron chi connectivity index (χ3n) is 5.80. The summed E-state index contributed by atoms with van der Waals surface area (Å²) < 4.78 is 37.4. The molecule has 3 aromatic rings. The molecule has 0 saturated heterocycles. The lowest BCUT2D eigenvalue weighted by molar-refractivity contribution is -0.122. The van der Waals surface area contributed by atoms with Crippen molar-refractivity contribution < 1.29 is 18.0 Å². The van der Waals surface area contributed by atoms with Gasteiger partial charge in [-0.1, -0.05) is 18.7 Å². The van der Waals surface area contributed by atoms with E-state index < -0.39 is 12.7 Å². The summed E-state index contributed by atoms with van der Waals surface area (Å²) in [6.07, 6.45) is -2.19. The van der Waals surface area contributed by atoms with Crippen LogP contribution in [0.1, 0.15) is 17.5 Å². The quantitative estimate of drug-likeness (QED) is 0.444. The molecule has 4 rings (SSSR count). The zero-order valence-corrected chi connectivity index (χ0v) is 18.3. The van der Waals surface area contributed by atoms with E-state index in [0.29, 0.717) is 23.5 Å². The van der Waals surface area contributed by atoms with Crippen LogP contribution in [0.5, 0.6) is 0 Å². The van der Waals surface area contributed by atoms with Crippen LogP contribution in [0.25, 0.3) is 27.6 Å². The fourth-order valence-electron chi connectivity index (χ4n) is 3.84. The number of alkyl halides is 3. The number of carbonyl (C=O) groups is 1. The number of halogens is 3. The van der Waals surface area contributed by atoms with Crippen molar-refractivity contribution in [2.75, 3.05) is 17.6 Å². The maximum absolute atomic E-state index is 12.5. The Bertz CT molecular complexity index is 1340. The predicted octanol–water partition coefficient (Wildman–Crippen LogP) is 5.01. The first-order valence-electron chi connectivity index (χ1n) is 10.6. The van der Waals surface area contributed by atoms with Gasteiger partial charge in [-0.2, -0.15) is 18.4 Å². The third-order valence-corrected chi connectivity index (χ3v) is 5.80. The summed E-state index contributed by atoms with van der Waals surface area (Å²) in [4.78, 5) is 16.5. The highest BCUT2D eigenvalue weighted by Crippen LogP contribution is 2.39. The number of nitrogens with two attached hydrogens (primary N) is 1. The number of rotatable bonds is 6. The van der Waals surface area contributed by atoms with Gasteiger partial charge in [-0.05, 0) is 65.3 Å². The van der Waals surface area contributed by atoms with Crippen LogP contribution < -0.4 is 16.4 Å². The number of anilines is 2. The number of carbonyl (C=O) groups excluding carboxylic acids is 1. The summed E-state index contributed by atoms with van der Waals surface area (Å²) in [6.45, 7) is 4.40. The number of nitrogen functional groups attached to an aromatic ring is 1. The van der Waals surface area contributed by atoms with Gasteiger partial charge in [0.1, 0.15) is 12.4 Å². The van der Waals surface area contributed by atoms with E-state index >= 15 is 0 Å². The molecule has 1 aliphatic carbocycles. The Kier molecular flexibility index (Phi) is 5.92. The van der Waals surface area contributed by atoms with Gasteiger partial charge in [-0.25, -0.2) is 4.98 Å². The second-order valence-electron chi connectivity index (χ2n) is 8.40. The van der Waals surface area contributed by atoms with Crippen LogP contribution in [0.4, 0.5) is 24.7 Å². The molecule has 6 nitrogen and oxygen atoms in total. The number of benzene rings is 2. The minimum atomic E-state index is -4.33. The van der Waals surface area contributed by atoms with Gasteiger partial charge < -0.3 is 16.4 Å². The molecular weight excluding hydrogens is 443 g/mol. The fourth-order valence-corrected chi connectivity index (χ4v) is 3.84. The van der Waals surface area contributed by atoms with Gasteiger partial charge in [-0.3, -0.25) is 4.79 Å². The molecule has 2 atom stereocenters. The van der Waals surface area contributed by atoms with Crippen molar-refractivity contribution in [2.45, 2.75) is 19.5 Å². The monoisotopic (exact) mass is 465 g/mol. The molecule has 1 fully saturated rings. The van der Waals surface area contributed by atoms with Crippen molar-refractivity contribution in [1.82, 2.24) is 10.3 Å². The Morgan fingerprint density at radius 1 is 1.29 bits per heavy atom. The van der Waals surface area contributed by atoms with Crippen LogP contribution in [0, 0.1) is 30.1 Å². The first kappa shape index (κ1) is 23.1. The zero-order valence-electron chi connectivity index (χ0n) is 18.3. The Morgan fingerprint density at radius 2 is 2.06 bits per heavy atom. The van der Waals surface area contributed by atoms with E-state index in [-0.39, 0.29) is 23.4 Å². The van der Waals surface area contributed by atoms with Crippen molar-refractivity contribution in [3.05, 3.63) is 60.3 Å². The number of aromatic nitrogens is 1. The molecule has 1 saturated carbocycles. The Balaban J connectivity index is 1.59. The Morgan fingerprint density at radius 3 is 2.71 bits per heavy atom. The van der Waals surface area contributed by atoms with Gasteiger partial charge in [0.2, 0.25) is 5.91 Å². The summed E-state index contributed by atoms with van der Waals surface area (Å²) >= 11 is 0. The van der Waals surface area contributed by atoms with Gasteiger partial charge in [0.05, 0.1) is 17.9 Å². The standard InChI is InChI=1S/C25H22F3N5O/c1-13-5-15(14(2)32-12-25(26,27)28)3-4-19(13)16-6-17-9-23(31-11-21(17)22(30)8-16)33-24(34)20-7-18(20)10-29/h3-6,8-9,11,18,20,32H,2,7,12,30H2,1H3,(H,31,33,34)/t18-,20+/m1/s1. The molecule has 0 unspecified atom stereocenters. The van der Waals surface area contributed by atoms with Gasteiger partial charge in [-0.15, -0.1) is 0 Å². The zero-order chi connectivity index (χ0) is 24.6. The SMILES string of the molecule is C=C(NCC(F)(F)F)c1ccc(-c2cc(N)c3cnc(NC(=O)[C@H]4C[C@@H]4C#N)cc3c2)c(C)c1. The van der Waals surface area contributed by atoms with E-state index in [1.807, 2.05) is 25.1 Å². The molecule has 1 amide bonds. The van der Waals surface area contributed by atoms with Crippen molar-refractivity contribution in [2.24, 2.45) is 11.8 Å². The topological polar surface area (TPSA) is 104 Å². The molecule has 34 heavy (non-hydrogen) atoms. The van der Waals surface area contributed by atoms with Crippen LogP contribution in [0.2, 0.25) is 0 Å². The highest BCUT2D eigenvalue weighted by Gasteiger charge is 2.43. The van der Waals surface area contributed by atoms with Gasteiger partial charge in [0.25, 0.3) is 0 Å². The number of nitrogens with one attached hydrogen (secondary N) is 2. The molecule has 4 N–H and O–H groups in total. The largest absolute Gasteiger partial charge is 0.405 e. The van der Waals surface area contributed by atoms with Gasteiger partial charge in [0, 0.05) is 23.0 Å². The van der Waals surface area contributed by atoms with E-state index in [1.54, 1.807) is 24.4 Å². The molecule has 0 radical (unpaired) electrons. The lowest BCUT2D eigenvalue weighted by Gasteiger charge is -2.15. The number of amides is 1. The molecule has 1 heterocycles. The van der Waals surface area contributed by atoms with E-state index in [0.717, 1.165) is 27.5 Å². The maximum Gasteiger partial charge on any atom is 0.405 e. The predicted molar refractivity (Wildman–Crippen MR) is 125 cm³/mol. The molecule has 2 aromatic carbocycles. The maximum atomic E-state index is 12.5. The first-order valence-corrected chi connectivity index (χ1v) is 10.6. The van der Waals surface area contributed by atoms with Crippen LogP contribution in [-0.2, 0) is 4.79 Å². The molecular formula is C25H22F3N5O. The fraction of sp³-hybridized carbons (Fsp3) is 0.240. The van der Waals surface area contributed by atoms with Gasteiger partial charge >= 0.3 is 6.18 Å². The number of nitrogens with zero attached hydrogens (tertiary/aromatic N) is 2. The second kappa shape index (κ2) is 8.71. The van der Waals surface area contributed by atoms with Crippen LogP contribution in [-0.4, -0.2) is 23.6 Å². The molecule has 1 aromatic heterocycles. The number of aryl methyl sites for hydroxylation is 1. The average Bonchev–Trinajstić information content (AvgIpc) is 3.57. The number of nitriles is 1. The molecule has 174 valence electrons. The van der Waals surface area contributed by atoms with E-state index in [1.165, 1.54) is 0 Å². The summed E-state index contributed by atoms with van der Waals surface area (Å²) in [5, 5.41) is 15.5. The molecule has 1 aliphatic rings. The van der Waals surface area contributed by atoms with E-state index in [9.17, 15) is 18.0 Å². The van der Waals surface area contributed by atoms with Crippen molar-refractivity contribution >= 4 is 33.9 Å². The summed E-state index contributed by atoms with van der Waals surface area (Å²) in [6, 6.07) is 12.8. The van der Waals surface area contributed by atoms with Crippen LogP contribution in [0.3, 0.4) is 0 Å². The summed E-state index contributed by atoms with van der Waals surface area (Å²) in [5.74, 6) is -0.404. The number of fused-ring (bicyclic) bond motifs is 1. The normalized spacial score (nSPS) is 17.1. The summed E-state index contributed by atoms with van der Waals surface area (Å²) in [7, 11) is 0. The highest BCUT2D eigenvalue weighted by molar-refractivity contribution is 6.00. The molecule has 0 spiro atoms. The van der Waals surface area contributed by atoms with Gasteiger partial charge in [0.15, 0.2) is 0 Å². The smallest absolute Gasteiger partial charge is 0.398 e. The Hall–Kier alpha value is -4.06. The second-order valence-corrected chi connectivity index (χ2v) is 8.40. The van der Waals surface area contributed by atoms with Crippen molar-refractivity contribution in [1.29, 1.82) is 5.26 Å². The minimum absolute atomic E-state index is 0.186. The summed E-state index contributed by atoms with van der Waals surface area (Å²) in [5.41, 5.74) is 10.0. The molecule has 0 aliphatic heterocycles. The van der Waals surface area contributed by atoms with Crippen LogP contribution in [0.15, 0.2) is 49.2 Å². The van der Waals surface area contributed by atoms with E-state index in [4.69, 9.17) is 11.0 Å². The highest BCUT2D eigenvalue weighted by atomic mass is 19.4. The minimum Gasteiger partial charge on any atom is -0.398 e. The Labute approximate surface area is 194 Å². The molecule has 0 bridgehead atoms. The lowest BCUT2D eigenvalue weighted by atomic mass is 9.95. The number of pyridine rings is 1.